The van der Waals surface area contributed by atoms with Gasteiger partial charge in [-0.3, -0.25) is 10.3 Å². The summed E-state index contributed by atoms with van der Waals surface area (Å²) in [5, 5.41) is 2.70. The molecule has 0 fully saturated rings. The van der Waals surface area contributed by atoms with Gasteiger partial charge in [0.1, 0.15) is 11.4 Å². The predicted molar refractivity (Wildman–Crippen MR) is 113 cm³/mol. The molecule has 0 radical (unpaired) electrons. The lowest BCUT2D eigenvalue weighted by atomic mass is 10.1. The number of pyridine rings is 1. The van der Waals surface area contributed by atoms with Crippen LogP contribution in [0.3, 0.4) is 0 Å². The third-order valence-electron chi connectivity index (χ3n) is 4.27. The number of carbonyl (C=O) groups excluding carboxylic acids is 1. The number of anilines is 1. The molecule has 2 aromatic carbocycles. The average molecular weight is 398 g/mol. The van der Waals surface area contributed by atoms with Crippen LogP contribution in [0, 0.1) is 0 Å². The molecule has 0 atom stereocenters. The van der Waals surface area contributed by atoms with Crippen molar-refractivity contribution in [2.45, 2.75) is 0 Å². The fraction of sp³-hybridized carbons (Fsp3) is 0.0435. The molecule has 0 saturated heterocycles. The molecule has 7 heteroatoms. The summed E-state index contributed by atoms with van der Waals surface area (Å²) in [5.41, 5.74) is 2.96. The Labute approximate surface area is 173 Å². The SMILES string of the molecule is COc1cnc(-c2ccc(NC(=O)Oc3ccccc3)cc2)nc1-c1ccncc1. The number of nitrogens with zero attached hydrogens (tertiary/aromatic N) is 3. The van der Waals surface area contributed by atoms with Gasteiger partial charge in [-0.05, 0) is 48.5 Å². The van der Waals surface area contributed by atoms with Crippen molar-refractivity contribution in [3.05, 3.63) is 85.3 Å². The van der Waals surface area contributed by atoms with Crippen molar-refractivity contribution in [3.63, 3.8) is 0 Å². The minimum atomic E-state index is -0.561. The van der Waals surface area contributed by atoms with Crippen LogP contribution in [0.5, 0.6) is 11.5 Å². The number of aromatic nitrogens is 3. The molecular weight excluding hydrogens is 380 g/mol. The first-order chi connectivity index (χ1) is 14.7. The average Bonchev–Trinajstić information content (AvgIpc) is 2.80. The number of hydrogen-bond donors (Lipinski definition) is 1. The second-order valence-electron chi connectivity index (χ2n) is 6.25. The highest BCUT2D eigenvalue weighted by molar-refractivity contribution is 5.86. The van der Waals surface area contributed by atoms with E-state index in [9.17, 15) is 4.79 Å². The summed E-state index contributed by atoms with van der Waals surface area (Å²) in [7, 11) is 1.58. The number of carbonyl (C=O) groups is 1. The summed E-state index contributed by atoms with van der Waals surface area (Å²) in [5.74, 6) is 1.59. The zero-order valence-corrected chi connectivity index (χ0v) is 16.1. The molecule has 0 aliphatic heterocycles. The molecule has 2 aromatic heterocycles. The van der Waals surface area contributed by atoms with Gasteiger partial charge in [0, 0.05) is 29.2 Å². The van der Waals surface area contributed by atoms with Crippen molar-refractivity contribution in [1.29, 1.82) is 0 Å². The summed E-state index contributed by atoms with van der Waals surface area (Å²) >= 11 is 0. The minimum Gasteiger partial charge on any atom is -0.493 e. The molecule has 2 heterocycles. The van der Waals surface area contributed by atoms with Crippen LogP contribution in [0.1, 0.15) is 0 Å². The van der Waals surface area contributed by atoms with E-state index in [1.807, 2.05) is 30.3 Å². The Morgan fingerprint density at radius 3 is 2.33 bits per heavy atom. The van der Waals surface area contributed by atoms with E-state index in [0.29, 0.717) is 28.7 Å². The maximum absolute atomic E-state index is 12.0. The standard InChI is InChI=1S/C23H18N4O3/c1-29-20-15-25-22(27-21(20)16-11-13-24-14-12-16)17-7-9-18(10-8-17)26-23(28)30-19-5-3-2-4-6-19/h2-15H,1H3,(H,26,28). The van der Waals surface area contributed by atoms with Gasteiger partial charge in [0.05, 0.1) is 13.3 Å². The minimum absolute atomic E-state index is 0.474. The lowest BCUT2D eigenvalue weighted by molar-refractivity contribution is 0.215. The fourth-order valence-corrected chi connectivity index (χ4v) is 2.82. The van der Waals surface area contributed by atoms with Crippen molar-refractivity contribution in [1.82, 2.24) is 15.0 Å². The molecule has 0 unspecified atom stereocenters. The molecule has 148 valence electrons. The van der Waals surface area contributed by atoms with E-state index in [2.05, 4.69) is 20.3 Å². The lowest BCUT2D eigenvalue weighted by Gasteiger charge is -2.10. The first-order valence-corrected chi connectivity index (χ1v) is 9.18. The van der Waals surface area contributed by atoms with Crippen LogP contribution in [-0.2, 0) is 0 Å². The van der Waals surface area contributed by atoms with E-state index in [1.54, 1.807) is 62.1 Å². The zero-order chi connectivity index (χ0) is 20.8. The highest BCUT2D eigenvalue weighted by atomic mass is 16.6. The number of amides is 1. The smallest absolute Gasteiger partial charge is 0.417 e. The monoisotopic (exact) mass is 398 g/mol. The number of hydrogen-bond acceptors (Lipinski definition) is 6. The second-order valence-corrected chi connectivity index (χ2v) is 6.25. The molecule has 4 aromatic rings. The van der Waals surface area contributed by atoms with Crippen molar-refractivity contribution in [2.75, 3.05) is 12.4 Å². The van der Waals surface area contributed by atoms with Crippen LogP contribution in [0.25, 0.3) is 22.6 Å². The molecule has 0 aliphatic rings. The molecule has 0 aliphatic carbocycles. The lowest BCUT2D eigenvalue weighted by Crippen LogP contribution is -2.16. The van der Waals surface area contributed by atoms with Crippen LogP contribution < -0.4 is 14.8 Å². The number of benzene rings is 2. The van der Waals surface area contributed by atoms with Crippen molar-refractivity contribution >= 4 is 11.8 Å². The van der Waals surface area contributed by atoms with Gasteiger partial charge >= 0.3 is 6.09 Å². The first kappa shape index (κ1) is 19.1. The molecule has 0 bridgehead atoms. The zero-order valence-electron chi connectivity index (χ0n) is 16.1. The van der Waals surface area contributed by atoms with Gasteiger partial charge < -0.3 is 9.47 Å². The number of rotatable bonds is 5. The van der Waals surface area contributed by atoms with Gasteiger partial charge in [0.2, 0.25) is 0 Å². The van der Waals surface area contributed by atoms with Crippen molar-refractivity contribution in [3.8, 4) is 34.1 Å². The van der Waals surface area contributed by atoms with E-state index in [1.165, 1.54) is 0 Å². The quantitative estimate of drug-likeness (QED) is 0.518. The molecular formula is C23H18N4O3. The second kappa shape index (κ2) is 8.83. The van der Waals surface area contributed by atoms with Gasteiger partial charge in [0.25, 0.3) is 0 Å². The molecule has 4 rings (SSSR count). The number of ether oxygens (including phenoxy) is 2. The van der Waals surface area contributed by atoms with Crippen LogP contribution in [-0.4, -0.2) is 28.2 Å². The van der Waals surface area contributed by atoms with Crippen LogP contribution in [0.4, 0.5) is 10.5 Å². The van der Waals surface area contributed by atoms with Crippen LogP contribution >= 0.6 is 0 Å². The Morgan fingerprint density at radius 2 is 1.63 bits per heavy atom. The first-order valence-electron chi connectivity index (χ1n) is 9.18. The Kier molecular flexibility index (Phi) is 5.61. The van der Waals surface area contributed by atoms with Gasteiger partial charge in [-0.15, -0.1) is 0 Å². The van der Waals surface area contributed by atoms with Gasteiger partial charge in [-0.25, -0.2) is 14.8 Å². The van der Waals surface area contributed by atoms with Gasteiger partial charge in [0.15, 0.2) is 11.6 Å². The topological polar surface area (TPSA) is 86.2 Å². The third kappa shape index (κ3) is 4.41. The number of nitrogens with one attached hydrogen (secondary N) is 1. The molecule has 1 amide bonds. The Morgan fingerprint density at radius 1 is 0.900 bits per heavy atom. The summed E-state index contributed by atoms with van der Waals surface area (Å²) in [4.78, 5) is 25.1. The third-order valence-corrected chi connectivity index (χ3v) is 4.27. The highest BCUT2D eigenvalue weighted by Gasteiger charge is 2.12. The number of methoxy groups -OCH3 is 1. The molecule has 0 saturated carbocycles. The Bertz CT molecular complexity index is 1130. The number of para-hydroxylation sites is 1. The Hall–Kier alpha value is -4.26. The molecule has 7 nitrogen and oxygen atoms in total. The van der Waals surface area contributed by atoms with Crippen LogP contribution in [0.2, 0.25) is 0 Å². The summed E-state index contributed by atoms with van der Waals surface area (Å²) in [6.07, 6.45) is 4.48. The summed E-state index contributed by atoms with van der Waals surface area (Å²) in [6.45, 7) is 0. The van der Waals surface area contributed by atoms with E-state index in [-0.39, 0.29) is 0 Å². The van der Waals surface area contributed by atoms with E-state index < -0.39 is 6.09 Å². The maximum atomic E-state index is 12.0. The summed E-state index contributed by atoms with van der Waals surface area (Å²) < 4.78 is 10.6. The normalized spacial score (nSPS) is 10.3. The summed E-state index contributed by atoms with van der Waals surface area (Å²) in [6, 6.07) is 19.8. The molecule has 0 spiro atoms. The van der Waals surface area contributed by atoms with Crippen LogP contribution in [0.15, 0.2) is 85.3 Å². The predicted octanol–water partition coefficient (Wildman–Crippen LogP) is 4.83. The fourth-order valence-electron chi connectivity index (χ4n) is 2.82. The van der Waals surface area contributed by atoms with Crippen molar-refractivity contribution < 1.29 is 14.3 Å². The van der Waals surface area contributed by atoms with E-state index in [4.69, 9.17) is 9.47 Å². The maximum Gasteiger partial charge on any atom is 0.417 e. The van der Waals surface area contributed by atoms with E-state index >= 15 is 0 Å². The highest BCUT2D eigenvalue weighted by Crippen LogP contribution is 2.29. The molecule has 1 N–H and O–H groups in total. The van der Waals surface area contributed by atoms with Gasteiger partial charge in [-0.1, -0.05) is 18.2 Å². The molecule has 30 heavy (non-hydrogen) atoms. The Balaban J connectivity index is 1.52. The van der Waals surface area contributed by atoms with Crippen molar-refractivity contribution in [2.24, 2.45) is 0 Å². The van der Waals surface area contributed by atoms with Gasteiger partial charge in [-0.2, -0.15) is 0 Å². The largest absolute Gasteiger partial charge is 0.493 e. The van der Waals surface area contributed by atoms with E-state index in [0.717, 1.165) is 11.1 Å².